The summed E-state index contributed by atoms with van der Waals surface area (Å²) < 4.78 is 5.05. The van der Waals surface area contributed by atoms with Crippen molar-refractivity contribution >= 4 is 18.6 Å². The molecule has 2 rings (SSSR count). The highest BCUT2D eigenvalue weighted by molar-refractivity contribution is 6.06. The molecule has 0 radical (unpaired) electrons. The first-order chi connectivity index (χ1) is 10.2. The van der Waals surface area contributed by atoms with Crippen molar-refractivity contribution in [3.05, 3.63) is 77.3 Å². The Morgan fingerprint density at radius 3 is 2.24 bits per heavy atom. The number of rotatable bonds is 4. The summed E-state index contributed by atoms with van der Waals surface area (Å²) in [6, 6.07) is 16.8. The van der Waals surface area contributed by atoms with Gasteiger partial charge in [-0.25, -0.2) is 0 Å². The third-order valence-corrected chi connectivity index (χ3v) is 2.60. The number of nitrogens with zero attached hydrogens (tertiary/aromatic N) is 2. The summed E-state index contributed by atoms with van der Waals surface area (Å²) in [6.45, 7) is 2.67. The second-order valence-corrected chi connectivity index (χ2v) is 3.98. The molecule has 21 heavy (non-hydrogen) atoms. The highest BCUT2D eigenvalue weighted by Gasteiger charge is 2.01. The van der Waals surface area contributed by atoms with Gasteiger partial charge in [0.2, 0.25) is 6.72 Å². The molecule has 0 aliphatic rings. The third kappa shape index (κ3) is 5.68. The fourth-order valence-electron chi connectivity index (χ4n) is 1.59. The Hall–Kier alpha value is -2.97. The molecule has 2 aromatic carbocycles. The fraction of sp³-hybridized carbons (Fsp3) is 0.0588. The van der Waals surface area contributed by atoms with Crippen LogP contribution in [0.4, 0.5) is 0 Å². The van der Waals surface area contributed by atoms with Crippen LogP contribution in [-0.2, 0) is 0 Å². The van der Waals surface area contributed by atoms with Crippen molar-refractivity contribution < 1.29 is 14.3 Å². The van der Waals surface area contributed by atoms with Crippen LogP contribution in [-0.4, -0.2) is 24.4 Å². The van der Waals surface area contributed by atoms with Gasteiger partial charge in [-0.3, -0.25) is 4.79 Å². The number of ether oxygens (including phenoxy) is 1. The van der Waals surface area contributed by atoms with E-state index in [1.165, 1.54) is 0 Å². The molecule has 0 unspecified atom stereocenters. The molecule has 0 amide bonds. The Bertz CT molecular complexity index is 626. The quantitative estimate of drug-likeness (QED) is 0.283. The minimum atomic E-state index is -0.0125. The molecular weight excluding hydrogens is 264 g/mol. The van der Waals surface area contributed by atoms with Crippen molar-refractivity contribution in [3.63, 3.8) is 0 Å². The molecule has 4 nitrogen and oxygen atoms in total. The summed E-state index contributed by atoms with van der Waals surface area (Å²) in [4.78, 5) is 14.1. The summed E-state index contributed by atoms with van der Waals surface area (Å²) in [7, 11) is 1.60. The van der Waals surface area contributed by atoms with Gasteiger partial charge in [0, 0.05) is 5.56 Å². The summed E-state index contributed by atoms with van der Waals surface area (Å²) in [5.74, 6) is 0.736. The molecule has 0 aromatic heterocycles. The lowest BCUT2D eigenvalue weighted by molar-refractivity contribution is 0.0110. The van der Waals surface area contributed by atoms with Gasteiger partial charge in [-0.1, -0.05) is 36.4 Å². The largest absolute Gasteiger partial charge is 0.497 e. The molecule has 0 atom stereocenters. The highest BCUT2D eigenvalue weighted by Crippen LogP contribution is 2.12. The molecule has 106 valence electrons. The van der Waals surface area contributed by atoms with Crippen molar-refractivity contribution in [2.45, 2.75) is 0 Å². The van der Waals surface area contributed by atoms with Crippen LogP contribution in [0, 0.1) is 0 Å². The molecule has 0 fully saturated rings. The normalized spacial score (nSPS) is 9.38. The van der Waals surface area contributed by atoms with E-state index in [4.69, 9.17) is 10.3 Å². The predicted molar refractivity (Wildman–Crippen MR) is 83.5 cm³/mol. The second kappa shape index (κ2) is 9.02. The fourth-order valence-corrected chi connectivity index (χ4v) is 1.59. The minimum absolute atomic E-state index is 0.0125. The Morgan fingerprint density at radius 2 is 1.71 bits per heavy atom. The lowest BCUT2D eigenvalue weighted by atomic mass is 10.1. The van der Waals surface area contributed by atoms with E-state index >= 15 is 0 Å². The molecule has 0 aliphatic heterocycles. The van der Waals surface area contributed by atoms with Crippen molar-refractivity contribution in [1.82, 2.24) is 0 Å². The molecule has 0 saturated carbocycles. The zero-order valence-corrected chi connectivity index (χ0v) is 11.8. The van der Waals surface area contributed by atoms with Crippen LogP contribution in [0.2, 0.25) is 0 Å². The van der Waals surface area contributed by atoms with E-state index in [-0.39, 0.29) is 5.78 Å². The smallest absolute Gasteiger partial charge is 0.245 e. The summed E-state index contributed by atoms with van der Waals surface area (Å²) in [6.07, 6.45) is 3.39. The van der Waals surface area contributed by atoms with Crippen LogP contribution in [0.15, 0.2) is 60.7 Å². The molecule has 4 heteroatoms. The van der Waals surface area contributed by atoms with Crippen LogP contribution in [0.25, 0.3) is 11.6 Å². The van der Waals surface area contributed by atoms with Crippen molar-refractivity contribution in [2.24, 2.45) is 0 Å². The standard InChI is InChI=1S/C16H14O2.CH2N2/c1-18-15-10-8-14(9-11-15)16(17)12-7-13-5-3-2-4-6-13;1-3-2/h2-12H,1H3;1H2/b12-7+;. The lowest BCUT2D eigenvalue weighted by Crippen LogP contribution is -1.94. The van der Waals surface area contributed by atoms with Gasteiger partial charge in [-0.05, 0) is 35.9 Å². The van der Waals surface area contributed by atoms with Gasteiger partial charge in [-0.2, -0.15) is 4.79 Å². The first-order valence-corrected chi connectivity index (χ1v) is 6.23. The van der Waals surface area contributed by atoms with Gasteiger partial charge in [0.05, 0.1) is 7.11 Å². The number of methoxy groups -OCH3 is 1. The molecule has 0 spiro atoms. The van der Waals surface area contributed by atoms with Crippen molar-refractivity contribution in [1.29, 1.82) is 0 Å². The van der Waals surface area contributed by atoms with Crippen LogP contribution >= 0.6 is 0 Å². The zero-order valence-electron chi connectivity index (χ0n) is 11.8. The number of hydrogen-bond acceptors (Lipinski definition) is 2. The number of ketones is 1. The Labute approximate surface area is 123 Å². The molecule has 0 heterocycles. The zero-order chi connectivity index (χ0) is 15.5. The van der Waals surface area contributed by atoms with Crippen molar-refractivity contribution in [2.75, 3.05) is 7.11 Å². The maximum atomic E-state index is 11.9. The van der Waals surface area contributed by atoms with Gasteiger partial charge in [0.25, 0.3) is 0 Å². The predicted octanol–water partition coefficient (Wildman–Crippen LogP) is 3.51. The van der Waals surface area contributed by atoms with Crippen LogP contribution in [0.3, 0.4) is 0 Å². The SMILES string of the molecule is C=[N+]=[N-].COc1ccc(C(=O)/C=C/c2ccccc2)cc1. The van der Waals surface area contributed by atoms with E-state index in [1.807, 2.05) is 36.4 Å². The van der Waals surface area contributed by atoms with Gasteiger partial charge in [0.15, 0.2) is 5.78 Å². The third-order valence-electron chi connectivity index (χ3n) is 2.60. The van der Waals surface area contributed by atoms with E-state index in [1.54, 1.807) is 37.5 Å². The minimum Gasteiger partial charge on any atom is -0.497 e. The Balaban J connectivity index is 0.000000677. The average molecular weight is 280 g/mol. The first-order valence-electron chi connectivity index (χ1n) is 6.23. The maximum absolute atomic E-state index is 11.9. The summed E-state index contributed by atoms with van der Waals surface area (Å²) in [5.41, 5.74) is 8.75. The molecule has 2 aromatic rings. The van der Waals surface area contributed by atoms with Gasteiger partial charge < -0.3 is 10.3 Å². The van der Waals surface area contributed by atoms with Crippen molar-refractivity contribution in [3.8, 4) is 5.75 Å². The van der Waals surface area contributed by atoms with E-state index < -0.39 is 0 Å². The number of allylic oxidation sites excluding steroid dienone is 1. The highest BCUT2D eigenvalue weighted by atomic mass is 16.5. The van der Waals surface area contributed by atoms with E-state index in [9.17, 15) is 4.79 Å². The van der Waals surface area contributed by atoms with Crippen LogP contribution in [0.1, 0.15) is 15.9 Å². The molecule has 0 bridgehead atoms. The van der Waals surface area contributed by atoms with Crippen LogP contribution < -0.4 is 4.74 Å². The summed E-state index contributed by atoms with van der Waals surface area (Å²) >= 11 is 0. The topological polar surface area (TPSA) is 62.7 Å². The maximum Gasteiger partial charge on any atom is 0.245 e. The molecule has 0 aliphatic carbocycles. The van der Waals surface area contributed by atoms with Gasteiger partial charge in [-0.15, -0.1) is 0 Å². The van der Waals surface area contributed by atoms with Crippen LogP contribution in [0.5, 0.6) is 5.75 Å². The second-order valence-electron chi connectivity index (χ2n) is 3.98. The van der Waals surface area contributed by atoms with E-state index in [0.717, 1.165) is 11.3 Å². The molecular formula is C17H16N2O2. The number of benzene rings is 2. The van der Waals surface area contributed by atoms with E-state index in [2.05, 4.69) is 11.5 Å². The van der Waals surface area contributed by atoms with Gasteiger partial charge in [0.1, 0.15) is 5.75 Å². The lowest BCUT2D eigenvalue weighted by Gasteiger charge is -2.00. The first kappa shape index (κ1) is 16.1. The Kier molecular flexibility index (Phi) is 6.91. The van der Waals surface area contributed by atoms with Gasteiger partial charge >= 0.3 is 0 Å². The summed E-state index contributed by atoms with van der Waals surface area (Å²) in [5, 5.41) is 0. The number of carbonyl (C=O) groups excluding carboxylic acids is 1. The number of carbonyl (C=O) groups is 1. The molecule has 0 saturated heterocycles. The average Bonchev–Trinajstić information content (AvgIpc) is 2.54. The number of hydrogen-bond donors (Lipinski definition) is 0. The molecule has 0 N–H and O–H groups in total. The van der Waals surface area contributed by atoms with E-state index in [0.29, 0.717) is 5.56 Å². The monoisotopic (exact) mass is 280 g/mol. The Morgan fingerprint density at radius 1 is 1.14 bits per heavy atom.